The Hall–Kier alpha value is -2.64. The second-order valence-corrected chi connectivity index (χ2v) is 6.87. The molecule has 6 nitrogen and oxygen atoms in total. The van der Waals surface area contributed by atoms with Gasteiger partial charge in [0.2, 0.25) is 0 Å². The summed E-state index contributed by atoms with van der Waals surface area (Å²) in [5.41, 5.74) is -0.199. The van der Waals surface area contributed by atoms with E-state index in [1.165, 1.54) is 24.5 Å². The fraction of sp³-hybridized carbons (Fsp3) is 0.0588. The predicted molar refractivity (Wildman–Crippen MR) is 95.9 cm³/mol. The first-order valence-electron chi connectivity index (χ1n) is 7.07. The van der Waals surface area contributed by atoms with Gasteiger partial charge in [0.25, 0.3) is 5.91 Å². The van der Waals surface area contributed by atoms with Crippen molar-refractivity contribution in [3.8, 4) is 5.75 Å². The third-order valence-corrected chi connectivity index (χ3v) is 4.90. The third-order valence-electron chi connectivity index (χ3n) is 3.46. The number of nitrogens with one attached hydrogen (secondary N) is 1. The van der Waals surface area contributed by atoms with E-state index in [-0.39, 0.29) is 38.1 Å². The Morgan fingerprint density at radius 2 is 1.96 bits per heavy atom. The smallest absolute Gasteiger partial charge is 0.291 e. The zero-order valence-electron chi connectivity index (χ0n) is 12.9. The highest BCUT2D eigenvalue weighted by molar-refractivity contribution is 7.84. The summed E-state index contributed by atoms with van der Waals surface area (Å²) in [4.78, 5) is 24.8. The second-order valence-electron chi connectivity index (χ2n) is 5.15. The van der Waals surface area contributed by atoms with E-state index in [4.69, 9.17) is 16.0 Å². The molecule has 128 valence electrons. The molecule has 2 aromatic carbocycles. The second kappa shape index (κ2) is 6.70. The summed E-state index contributed by atoms with van der Waals surface area (Å²) in [6.07, 6.45) is 1.44. The number of benzene rings is 2. The van der Waals surface area contributed by atoms with Crippen molar-refractivity contribution in [1.29, 1.82) is 0 Å². The number of carbonyl (C=O) groups excluding carboxylic acids is 1. The fourth-order valence-electron chi connectivity index (χ4n) is 2.39. The molecular weight excluding hydrogens is 366 g/mol. The molecule has 3 aromatic rings. The Morgan fingerprint density at radius 1 is 1.24 bits per heavy atom. The van der Waals surface area contributed by atoms with Crippen LogP contribution < -0.4 is 10.7 Å². The number of aromatic hydroxyl groups is 1. The van der Waals surface area contributed by atoms with Gasteiger partial charge in [0.15, 0.2) is 11.2 Å². The monoisotopic (exact) mass is 377 g/mol. The molecule has 0 fully saturated rings. The Morgan fingerprint density at radius 3 is 2.68 bits per heavy atom. The lowest BCUT2D eigenvalue weighted by atomic mass is 10.2. The van der Waals surface area contributed by atoms with Crippen LogP contribution in [0.1, 0.15) is 10.6 Å². The van der Waals surface area contributed by atoms with Crippen molar-refractivity contribution in [2.75, 3.05) is 11.6 Å². The zero-order valence-corrected chi connectivity index (χ0v) is 14.5. The van der Waals surface area contributed by atoms with Crippen LogP contribution in [0.2, 0.25) is 5.02 Å². The predicted octanol–water partition coefficient (Wildman–Crippen LogP) is 3.14. The molecule has 25 heavy (non-hydrogen) atoms. The van der Waals surface area contributed by atoms with Gasteiger partial charge in [0.1, 0.15) is 16.7 Å². The number of carbonyl (C=O) groups is 1. The highest BCUT2D eigenvalue weighted by Crippen LogP contribution is 2.28. The number of amides is 1. The van der Waals surface area contributed by atoms with Gasteiger partial charge in [-0.2, -0.15) is 0 Å². The molecule has 1 amide bonds. The molecule has 0 spiro atoms. The van der Waals surface area contributed by atoms with Crippen LogP contribution in [-0.4, -0.2) is 21.5 Å². The molecule has 1 atom stereocenters. The van der Waals surface area contributed by atoms with Crippen LogP contribution in [0, 0.1) is 0 Å². The first kappa shape index (κ1) is 17.2. The first-order valence-corrected chi connectivity index (χ1v) is 9.01. The molecule has 0 aliphatic heterocycles. The number of hydrogen-bond acceptors (Lipinski definition) is 5. The summed E-state index contributed by atoms with van der Waals surface area (Å²) in [6, 6.07) is 10.0. The summed E-state index contributed by atoms with van der Waals surface area (Å²) >= 11 is 6.03. The van der Waals surface area contributed by atoms with E-state index in [0.717, 1.165) is 6.07 Å². The van der Waals surface area contributed by atoms with Crippen LogP contribution in [0.25, 0.3) is 11.0 Å². The lowest BCUT2D eigenvalue weighted by Crippen LogP contribution is -2.16. The van der Waals surface area contributed by atoms with Gasteiger partial charge in [0, 0.05) is 12.3 Å². The van der Waals surface area contributed by atoms with Crippen LogP contribution in [-0.2, 0) is 10.8 Å². The van der Waals surface area contributed by atoms with Crippen molar-refractivity contribution in [2.24, 2.45) is 0 Å². The molecule has 0 radical (unpaired) electrons. The minimum atomic E-state index is -1.43. The Balaban J connectivity index is 2.03. The maximum atomic E-state index is 12.4. The van der Waals surface area contributed by atoms with E-state index in [9.17, 15) is 18.9 Å². The van der Waals surface area contributed by atoms with E-state index >= 15 is 0 Å². The minimum absolute atomic E-state index is 0.00263. The first-order chi connectivity index (χ1) is 11.9. The molecule has 8 heteroatoms. The third kappa shape index (κ3) is 3.29. The molecule has 0 bridgehead atoms. The van der Waals surface area contributed by atoms with Gasteiger partial charge >= 0.3 is 0 Å². The highest BCUT2D eigenvalue weighted by atomic mass is 35.5. The number of hydrogen-bond donors (Lipinski definition) is 2. The van der Waals surface area contributed by atoms with Gasteiger partial charge in [0.05, 0.1) is 26.4 Å². The summed E-state index contributed by atoms with van der Waals surface area (Å²) in [5, 5.41) is 12.5. The standard InChI is InChI=1S/C17H12ClNO5S/c1-25(23)16-9(18)4-2-5-10(16)19-17(22)14-8-12(21)15-11(20)6-3-7-13(15)24-14/h2-8,20H,1H3,(H,19,22). The molecule has 0 aliphatic carbocycles. The zero-order chi connectivity index (χ0) is 18.1. The molecule has 1 unspecified atom stereocenters. The van der Waals surface area contributed by atoms with Crippen LogP contribution in [0.15, 0.2) is 56.6 Å². The average Bonchev–Trinajstić information content (AvgIpc) is 2.54. The summed E-state index contributed by atoms with van der Waals surface area (Å²) in [5.74, 6) is -1.16. The van der Waals surface area contributed by atoms with Gasteiger partial charge in [-0.1, -0.05) is 23.7 Å². The van der Waals surface area contributed by atoms with Gasteiger partial charge < -0.3 is 14.8 Å². The lowest BCUT2D eigenvalue weighted by molar-refractivity contribution is 0.0997. The molecule has 1 aromatic heterocycles. The highest BCUT2D eigenvalue weighted by Gasteiger charge is 2.18. The quantitative estimate of drug-likeness (QED) is 0.730. The maximum absolute atomic E-state index is 12.4. The Bertz CT molecular complexity index is 1080. The number of halogens is 1. The maximum Gasteiger partial charge on any atom is 0.291 e. The van der Waals surface area contributed by atoms with E-state index < -0.39 is 22.1 Å². The van der Waals surface area contributed by atoms with Gasteiger partial charge in [-0.25, -0.2) is 0 Å². The SMILES string of the molecule is CS(=O)c1c(Cl)cccc1NC(=O)c1cc(=O)c2c(O)cccc2o1. The average molecular weight is 378 g/mol. The fourth-order valence-corrected chi connectivity index (χ4v) is 3.66. The van der Waals surface area contributed by atoms with Gasteiger partial charge in [-0.15, -0.1) is 0 Å². The van der Waals surface area contributed by atoms with Crippen molar-refractivity contribution in [3.63, 3.8) is 0 Å². The Labute approximate surface area is 149 Å². The Kier molecular flexibility index (Phi) is 4.61. The normalized spacial score (nSPS) is 12.1. The minimum Gasteiger partial charge on any atom is -0.507 e. The van der Waals surface area contributed by atoms with Crippen molar-refractivity contribution in [3.05, 3.63) is 63.5 Å². The van der Waals surface area contributed by atoms with E-state index in [0.29, 0.717) is 0 Å². The topological polar surface area (TPSA) is 96.6 Å². The van der Waals surface area contributed by atoms with Crippen LogP contribution >= 0.6 is 11.6 Å². The van der Waals surface area contributed by atoms with Crippen molar-refractivity contribution in [2.45, 2.75) is 4.90 Å². The number of anilines is 1. The van der Waals surface area contributed by atoms with E-state index in [1.54, 1.807) is 18.2 Å². The molecule has 0 saturated heterocycles. The number of fused-ring (bicyclic) bond motifs is 1. The van der Waals surface area contributed by atoms with Crippen molar-refractivity contribution >= 4 is 45.0 Å². The molecule has 2 N–H and O–H groups in total. The van der Waals surface area contributed by atoms with E-state index in [2.05, 4.69) is 5.32 Å². The molecule has 3 rings (SSSR count). The summed E-state index contributed by atoms with van der Waals surface area (Å²) in [7, 11) is -1.43. The number of phenols is 1. The molecule has 0 saturated carbocycles. The van der Waals surface area contributed by atoms with Gasteiger partial charge in [-0.3, -0.25) is 13.8 Å². The van der Waals surface area contributed by atoms with Crippen LogP contribution in [0.5, 0.6) is 5.75 Å². The lowest BCUT2D eigenvalue weighted by Gasteiger charge is -2.10. The molecular formula is C17H12ClNO5S. The van der Waals surface area contributed by atoms with E-state index in [1.807, 2.05) is 0 Å². The van der Waals surface area contributed by atoms with Gasteiger partial charge in [-0.05, 0) is 24.3 Å². The van der Waals surface area contributed by atoms with Crippen LogP contribution in [0.3, 0.4) is 0 Å². The molecule has 1 heterocycles. The molecule has 0 aliphatic rings. The number of phenolic OH excluding ortho intramolecular Hbond substituents is 1. The summed E-state index contributed by atoms with van der Waals surface area (Å²) in [6.45, 7) is 0. The van der Waals surface area contributed by atoms with Crippen molar-refractivity contribution < 1.29 is 18.5 Å². The largest absolute Gasteiger partial charge is 0.507 e. The van der Waals surface area contributed by atoms with Crippen molar-refractivity contribution in [1.82, 2.24) is 0 Å². The van der Waals surface area contributed by atoms with Crippen LogP contribution in [0.4, 0.5) is 5.69 Å². The number of rotatable bonds is 3. The summed E-state index contributed by atoms with van der Waals surface area (Å²) < 4.78 is 17.3.